The molecule has 3 heteroatoms. The van der Waals surface area contributed by atoms with E-state index in [1.807, 2.05) is 0 Å². The number of nitrogens with zero attached hydrogens (tertiary/aromatic N) is 2. The van der Waals surface area contributed by atoms with Crippen molar-refractivity contribution in [1.82, 2.24) is 9.97 Å². The summed E-state index contributed by atoms with van der Waals surface area (Å²) in [7, 11) is 0. The minimum atomic E-state index is 0.571. The van der Waals surface area contributed by atoms with Crippen LogP contribution in [0.2, 0.25) is 0 Å². The molecule has 3 nitrogen and oxygen atoms in total. The Hall–Kier alpha value is -1.90. The molecule has 0 spiro atoms. The van der Waals surface area contributed by atoms with E-state index in [0.29, 0.717) is 5.92 Å². The maximum absolute atomic E-state index is 4.77. The van der Waals surface area contributed by atoms with Crippen molar-refractivity contribution in [1.29, 1.82) is 0 Å². The Labute approximate surface area is 120 Å². The molecule has 0 bridgehead atoms. The quantitative estimate of drug-likeness (QED) is 0.889. The van der Waals surface area contributed by atoms with E-state index in [1.165, 1.54) is 24.0 Å². The van der Waals surface area contributed by atoms with Crippen LogP contribution >= 0.6 is 0 Å². The summed E-state index contributed by atoms with van der Waals surface area (Å²) in [6.07, 6.45) is 3.50. The van der Waals surface area contributed by atoms with Crippen LogP contribution in [-0.4, -0.2) is 16.5 Å². The van der Waals surface area contributed by atoms with Crippen molar-refractivity contribution >= 4 is 5.82 Å². The fourth-order valence-corrected chi connectivity index (χ4v) is 2.36. The van der Waals surface area contributed by atoms with Crippen molar-refractivity contribution in [3.8, 4) is 11.3 Å². The van der Waals surface area contributed by atoms with Gasteiger partial charge in [-0.15, -0.1) is 0 Å². The summed E-state index contributed by atoms with van der Waals surface area (Å²) in [6, 6.07) is 10.7. The highest BCUT2D eigenvalue weighted by Crippen LogP contribution is 2.39. The molecule has 0 saturated heterocycles. The van der Waals surface area contributed by atoms with Crippen LogP contribution in [0.1, 0.15) is 44.0 Å². The monoisotopic (exact) mass is 267 g/mol. The Morgan fingerprint density at radius 2 is 2.00 bits per heavy atom. The van der Waals surface area contributed by atoms with E-state index >= 15 is 0 Å². The number of hydrogen-bond acceptors (Lipinski definition) is 3. The Balaban J connectivity index is 2.01. The summed E-state index contributed by atoms with van der Waals surface area (Å²) in [6.45, 7) is 5.16. The number of rotatable bonds is 5. The molecule has 0 atom stereocenters. The Kier molecular flexibility index (Phi) is 3.68. The molecule has 3 rings (SSSR count). The van der Waals surface area contributed by atoms with Crippen LogP contribution < -0.4 is 5.32 Å². The summed E-state index contributed by atoms with van der Waals surface area (Å²) in [5.74, 6) is 2.52. The Morgan fingerprint density at radius 3 is 2.70 bits per heavy atom. The SMILES string of the molecule is CCNc1cc(-c2cccc(CC)c2)nc(C2CC2)n1. The number of nitrogens with one attached hydrogen (secondary N) is 1. The fraction of sp³-hybridized carbons (Fsp3) is 0.412. The van der Waals surface area contributed by atoms with Gasteiger partial charge in [-0.1, -0.05) is 25.1 Å². The molecule has 1 saturated carbocycles. The van der Waals surface area contributed by atoms with Crippen molar-refractivity contribution in [3.63, 3.8) is 0 Å². The molecule has 0 unspecified atom stereocenters. The van der Waals surface area contributed by atoms with Gasteiger partial charge in [0.25, 0.3) is 0 Å². The van der Waals surface area contributed by atoms with Crippen LogP contribution in [0.25, 0.3) is 11.3 Å². The van der Waals surface area contributed by atoms with Crippen LogP contribution in [0, 0.1) is 0 Å². The standard InChI is InChI=1S/C17H21N3/c1-3-12-6-5-7-14(10-12)15-11-16(18-4-2)20-17(19-15)13-8-9-13/h5-7,10-11,13H,3-4,8-9H2,1-2H3,(H,18,19,20). The highest BCUT2D eigenvalue weighted by molar-refractivity contribution is 5.63. The van der Waals surface area contributed by atoms with Crippen LogP contribution in [0.3, 0.4) is 0 Å². The molecule has 104 valence electrons. The zero-order valence-electron chi connectivity index (χ0n) is 12.2. The smallest absolute Gasteiger partial charge is 0.134 e. The van der Waals surface area contributed by atoms with Gasteiger partial charge >= 0.3 is 0 Å². The molecule has 1 fully saturated rings. The first kappa shape index (κ1) is 13.1. The van der Waals surface area contributed by atoms with Gasteiger partial charge in [0.15, 0.2) is 0 Å². The van der Waals surface area contributed by atoms with Gasteiger partial charge in [-0.05, 0) is 37.8 Å². The van der Waals surface area contributed by atoms with E-state index in [9.17, 15) is 0 Å². The number of hydrogen-bond donors (Lipinski definition) is 1. The van der Waals surface area contributed by atoms with E-state index in [-0.39, 0.29) is 0 Å². The van der Waals surface area contributed by atoms with Crippen molar-refractivity contribution < 1.29 is 0 Å². The number of aromatic nitrogens is 2. The van der Waals surface area contributed by atoms with Crippen molar-refractivity contribution in [2.75, 3.05) is 11.9 Å². The highest BCUT2D eigenvalue weighted by atomic mass is 15.0. The molecule has 1 aromatic heterocycles. The highest BCUT2D eigenvalue weighted by Gasteiger charge is 2.27. The lowest BCUT2D eigenvalue weighted by atomic mass is 10.1. The summed E-state index contributed by atoms with van der Waals surface area (Å²) in [5.41, 5.74) is 3.57. The van der Waals surface area contributed by atoms with E-state index in [0.717, 1.165) is 30.3 Å². The van der Waals surface area contributed by atoms with Gasteiger partial charge < -0.3 is 5.32 Å². The molecule has 1 N–H and O–H groups in total. The molecule has 1 heterocycles. The third-order valence-electron chi connectivity index (χ3n) is 3.67. The lowest BCUT2D eigenvalue weighted by molar-refractivity contribution is 0.927. The predicted octanol–water partition coefficient (Wildman–Crippen LogP) is 4.02. The van der Waals surface area contributed by atoms with Crippen LogP contribution in [-0.2, 0) is 6.42 Å². The normalized spacial score (nSPS) is 14.3. The minimum absolute atomic E-state index is 0.571. The zero-order valence-corrected chi connectivity index (χ0v) is 12.2. The average molecular weight is 267 g/mol. The molecule has 0 amide bonds. The summed E-state index contributed by atoms with van der Waals surface area (Å²) >= 11 is 0. The topological polar surface area (TPSA) is 37.8 Å². The van der Waals surface area contributed by atoms with E-state index < -0.39 is 0 Å². The zero-order chi connectivity index (χ0) is 13.9. The minimum Gasteiger partial charge on any atom is -0.370 e. The van der Waals surface area contributed by atoms with Gasteiger partial charge in [0.1, 0.15) is 11.6 Å². The lowest BCUT2D eigenvalue weighted by Crippen LogP contribution is -2.04. The maximum atomic E-state index is 4.77. The van der Waals surface area contributed by atoms with E-state index in [2.05, 4.69) is 54.5 Å². The van der Waals surface area contributed by atoms with Gasteiger partial charge in [-0.3, -0.25) is 0 Å². The predicted molar refractivity (Wildman–Crippen MR) is 83.0 cm³/mol. The van der Waals surface area contributed by atoms with E-state index in [4.69, 9.17) is 4.98 Å². The van der Waals surface area contributed by atoms with Gasteiger partial charge in [0.2, 0.25) is 0 Å². The fourth-order valence-electron chi connectivity index (χ4n) is 2.36. The van der Waals surface area contributed by atoms with Gasteiger partial charge in [-0.25, -0.2) is 9.97 Å². The second-order valence-corrected chi connectivity index (χ2v) is 5.36. The maximum Gasteiger partial charge on any atom is 0.134 e. The third-order valence-corrected chi connectivity index (χ3v) is 3.67. The lowest BCUT2D eigenvalue weighted by Gasteiger charge is -2.09. The molecule has 2 aromatic rings. The Morgan fingerprint density at radius 1 is 1.15 bits per heavy atom. The summed E-state index contributed by atoms with van der Waals surface area (Å²) in [5, 5.41) is 3.32. The van der Waals surface area contributed by atoms with Crippen molar-refractivity contribution in [3.05, 3.63) is 41.7 Å². The average Bonchev–Trinajstić information content (AvgIpc) is 3.32. The summed E-state index contributed by atoms with van der Waals surface area (Å²) < 4.78 is 0. The van der Waals surface area contributed by atoms with E-state index in [1.54, 1.807) is 0 Å². The third kappa shape index (κ3) is 2.82. The van der Waals surface area contributed by atoms with Crippen molar-refractivity contribution in [2.45, 2.75) is 39.0 Å². The molecule has 0 radical (unpaired) electrons. The molecule has 20 heavy (non-hydrogen) atoms. The van der Waals surface area contributed by atoms with Gasteiger partial charge in [-0.2, -0.15) is 0 Å². The van der Waals surface area contributed by atoms with Crippen LogP contribution in [0.4, 0.5) is 5.82 Å². The molecular weight excluding hydrogens is 246 g/mol. The molecular formula is C17H21N3. The summed E-state index contributed by atoms with van der Waals surface area (Å²) in [4.78, 5) is 9.40. The number of aryl methyl sites for hydroxylation is 1. The first-order valence-electron chi connectivity index (χ1n) is 7.52. The first-order chi connectivity index (χ1) is 9.80. The number of anilines is 1. The second kappa shape index (κ2) is 5.61. The number of benzene rings is 1. The van der Waals surface area contributed by atoms with Gasteiger partial charge in [0.05, 0.1) is 5.69 Å². The Bertz CT molecular complexity index is 603. The molecule has 0 aliphatic heterocycles. The largest absolute Gasteiger partial charge is 0.370 e. The van der Waals surface area contributed by atoms with Crippen LogP contribution in [0.5, 0.6) is 0 Å². The first-order valence-corrected chi connectivity index (χ1v) is 7.52. The molecule has 1 aliphatic rings. The second-order valence-electron chi connectivity index (χ2n) is 5.36. The molecule has 1 aliphatic carbocycles. The van der Waals surface area contributed by atoms with Crippen molar-refractivity contribution in [2.24, 2.45) is 0 Å². The molecule has 1 aromatic carbocycles. The van der Waals surface area contributed by atoms with Crippen LogP contribution in [0.15, 0.2) is 30.3 Å². The van der Waals surface area contributed by atoms with Gasteiger partial charge in [0, 0.05) is 24.1 Å².